The third kappa shape index (κ3) is 6.76. The summed E-state index contributed by atoms with van der Waals surface area (Å²) in [6.07, 6.45) is 4.97. The molecule has 4 heteroatoms. The van der Waals surface area contributed by atoms with Gasteiger partial charge in [-0.1, -0.05) is 47.3 Å². The quantitative estimate of drug-likeness (QED) is 0.343. The molecule has 0 aliphatic rings. The Morgan fingerprint density at radius 3 is 1.87 bits per heavy atom. The van der Waals surface area contributed by atoms with E-state index in [0.717, 1.165) is 0 Å². The van der Waals surface area contributed by atoms with Crippen molar-refractivity contribution >= 4 is 11.9 Å². The second kappa shape index (κ2) is 8.04. The molecule has 0 aliphatic carbocycles. The van der Waals surface area contributed by atoms with Gasteiger partial charge in [0.25, 0.3) is 0 Å². The van der Waals surface area contributed by atoms with Crippen LogP contribution >= 0.6 is 0 Å². The summed E-state index contributed by atoms with van der Waals surface area (Å²) in [5, 5.41) is 0. The monoisotopic (exact) mass is 320 g/mol. The lowest BCUT2D eigenvalue weighted by molar-refractivity contribution is -0.158. The molecule has 0 heterocycles. The van der Waals surface area contributed by atoms with Crippen molar-refractivity contribution in [3.8, 4) is 12.3 Å². The van der Waals surface area contributed by atoms with Crippen molar-refractivity contribution < 1.29 is 19.1 Å². The second-order valence-corrected chi connectivity index (χ2v) is 7.62. The molecule has 0 radical (unpaired) electrons. The Balaban J connectivity index is 5.63. The first kappa shape index (κ1) is 21.0. The normalized spacial score (nSPS) is 11.3. The molecule has 0 aromatic rings. The van der Waals surface area contributed by atoms with E-state index in [1.54, 1.807) is 6.92 Å². The predicted molar refractivity (Wildman–Crippen MR) is 90.5 cm³/mol. The van der Waals surface area contributed by atoms with E-state index in [0.29, 0.717) is 0 Å². The van der Waals surface area contributed by atoms with Gasteiger partial charge < -0.3 is 9.47 Å². The fourth-order valence-corrected chi connectivity index (χ4v) is 2.52. The van der Waals surface area contributed by atoms with Crippen LogP contribution in [0.15, 0.2) is 16.9 Å². The van der Waals surface area contributed by atoms with Crippen LogP contribution < -0.4 is 0 Å². The van der Waals surface area contributed by atoms with Crippen molar-refractivity contribution in [3.63, 3.8) is 0 Å². The molecule has 4 nitrogen and oxygen atoms in total. The Kier molecular flexibility index (Phi) is 7.34. The van der Waals surface area contributed by atoms with Crippen molar-refractivity contribution in [2.24, 2.45) is 10.8 Å². The zero-order chi connectivity index (χ0) is 18.4. The first-order valence-electron chi connectivity index (χ1n) is 7.53. The Morgan fingerprint density at radius 2 is 1.52 bits per heavy atom. The van der Waals surface area contributed by atoms with Crippen LogP contribution in [0.1, 0.15) is 54.9 Å². The zero-order valence-corrected chi connectivity index (χ0v) is 15.5. The van der Waals surface area contributed by atoms with Gasteiger partial charge in [0.1, 0.15) is 6.10 Å². The Morgan fingerprint density at radius 1 is 1.04 bits per heavy atom. The van der Waals surface area contributed by atoms with Crippen LogP contribution in [0.25, 0.3) is 0 Å². The molecule has 128 valence electrons. The minimum atomic E-state index is -0.599. The van der Waals surface area contributed by atoms with Gasteiger partial charge in [-0.15, -0.1) is 12.3 Å². The highest BCUT2D eigenvalue weighted by Crippen LogP contribution is 2.36. The van der Waals surface area contributed by atoms with Crippen LogP contribution in [0.5, 0.6) is 0 Å². The molecule has 0 amide bonds. The highest BCUT2D eigenvalue weighted by Gasteiger charge is 2.38. The van der Waals surface area contributed by atoms with Crippen molar-refractivity contribution in [2.45, 2.75) is 61.0 Å². The summed E-state index contributed by atoms with van der Waals surface area (Å²) in [7, 11) is 1.25. The molecular weight excluding hydrogens is 292 g/mol. The minimum absolute atomic E-state index is 0.0409. The van der Waals surface area contributed by atoms with E-state index in [-0.39, 0.29) is 34.5 Å². The topological polar surface area (TPSA) is 52.6 Å². The first-order valence-corrected chi connectivity index (χ1v) is 7.53. The van der Waals surface area contributed by atoms with Gasteiger partial charge in [0, 0.05) is 6.42 Å². The Hall–Kier alpha value is -1.98. The molecule has 0 aliphatic heterocycles. The van der Waals surface area contributed by atoms with Crippen molar-refractivity contribution in [1.82, 2.24) is 0 Å². The van der Waals surface area contributed by atoms with E-state index in [1.165, 1.54) is 7.11 Å². The molecular formula is C19H28O4. The van der Waals surface area contributed by atoms with Crippen molar-refractivity contribution in [1.29, 1.82) is 0 Å². The summed E-state index contributed by atoms with van der Waals surface area (Å²) in [6, 6.07) is 0. The third-order valence-corrected chi connectivity index (χ3v) is 3.15. The molecule has 0 saturated carbocycles. The van der Waals surface area contributed by atoms with Crippen LogP contribution in [0.2, 0.25) is 0 Å². The van der Waals surface area contributed by atoms with Gasteiger partial charge in [-0.3, -0.25) is 0 Å². The van der Waals surface area contributed by atoms with Gasteiger partial charge in [-0.25, -0.2) is 9.59 Å². The lowest BCUT2D eigenvalue weighted by Gasteiger charge is -2.39. The molecule has 0 rings (SSSR count). The molecule has 0 saturated heterocycles. The van der Waals surface area contributed by atoms with Crippen molar-refractivity contribution in [3.05, 3.63) is 16.9 Å². The fraction of sp³-hybridized carbons (Fsp3) is 0.632. The van der Waals surface area contributed by atoms with Gasteiger partial charge in [-0.2, -0.15) is 0 Å². The number of terminal acetylenes is 1. The Labute approximate surface area is 139 Å². The summed E-state index contributed by atoms with van der Waals surface area (Å²) in [6.45, 7) is 13.6. The van der Waals surface area contributed by atoms with Crippen LogP contribution in [0, 0.1) is 23.2 Å². The summed E-state index contributed by atoms with van der Waals surface area (Å²) in [5.74, 6) is 1.24. The average Bonchev–Trinajstić information content (AvgIpc) is 2.40. The minimum Gasteiger partial charge on any atom is -0.465 e. The molecule has 23 heavy (non-hydrogen) atoms. The SMILES string of the molecule is C#CCC(=C=C(C)C(=O)OC(C(C)(C)C)C(C)(C)C)C(=O)OC. The fourth-order valence-electron chi connectivity index (χ4n) is 2.52. The lowest BCUT2D eigenvalue weighted by Crippen LogP contribution is -2.42. The highest BCUT2D eigenvalue weighted by atomic mass is 16.5. The molecule has 0 bridgehead atoms. The molecule has 0 spiro atoms. The molecule has 0 fully saturated rings. The highest BCUT2D eigenvalue weighted by molar-refractivity contribution is 5.92. The van der Waals surface area contributed by atoms with E-state index in [1.807, 2.05) is 41.5 Å². The number of hydrogen-bond acceptors (Lipinski definition) is 4. The molecule has 0 N–H and O–H groups in total. The summed E-state index contributed by atoms with van der Waals surface area (Å²) >= 11 is 0. The van der Waals surface area contributed by atoms with Crippen molar-refractivity contribution in [2.75, 3.05) is 7.11 Å². The van der Waals surface area contributed by atoms with Crippen LogP contribution in [-0.4, -0.2) is 25.2 Å². The van der Waals surface area contributed by atoms with Gasteiger partial charge in [0.2, 0.25) is 0 Å². The number of methoxy groups -OCH3 is 1. The number of esters is 2. The number of ether oxygens (including phenoxy) is 2. The van der Waals surface area contributed by atoms with Gasteiger partial charge in [-0.05, 0) is 17.8 Å². The smallest absolute Gasteiger partial charge is 0.342 e. The standard InChI is InChI=1S/C19H28O4/c1-10-11-14(16(21)22-9)12-13(2)15(20)23-17(18(3,4)5)19(6,7)8/h1,17H,11H2,2-9H3. The molecule has 0 unspecified atom stereocenters. The summed E-state index contributed by atoms with van der Waals surface area (Å²) < 4.78 is 10.3. The van der Waals surface area contributed by atoms with E-state index in [2.05, 4.69) is 16.4 Å². The Bertz CT molecular complexity index is 542. The maximum atomic E-state index is 12.4. The number of rotatable bonds is 4. The zero-order valence-electron chi connectivity index (χ0n) is 15.5. The largest absolute Gasteiger partial charge is 0.465 e. The average molecular weight is 320 g/mol. The van der Waals surface area contributed by atoms with Gasteiger partial charge in [0.05, 0.1) is 18.3 Å². The maximum Gasteiger partial charge on any atom is 0.342 e. The predicted octanol–water partition coefficient (Wildman–Crippen LogP) is 3.66. The summed E-state index contributed by atoms with van der Waals surface area (Å²) in [4.78, 5) is 24.0. The summed E-state index contributed by atoms with van der Waals surface area (Å²) in [5.41, 5.74) is 2.60. The maximum absolute atomic E-state index is 12.4. The number of carbonyl (C=O) groups is 2. The second-order valence-electron chi connectivity index (χ2n) is 7.62. The van der Waals surface area contributed by atoms with Crippen LogP contribution in [0.3, 0.4) is 0 Å². The van der Waals surface area contributed by atoms with Gasteiger partial charge in [0.15, 0.2) is 0 Å². The lowest BCUT2D eigenvalue weighted by atomic mass is 9.74. The van der Waals surface area contributed by atoms with E-state index >= 15 is 0 Å². The molecule has 0 aromatic carbocycles. The third-order valence-electron chi connectivity index (χ3n) is 3.15. The number of carbonyl (C=O) groups excluding carboxylic acids is 2. The first-order chi connectivity index (χ1) is 10.3. The van der Waals surface area contributed by atoms with E-state index < -0.39 is 11.9 Å². The van der Waals surface area contributed by atoms with E-state index in [4.69, 9.17) is 11.2 Å². The van der Waals surface area contributed by atoms with Crippen LogP contribution in [-0.2, 0) is 19.1 Å². The number of hydrogen-bond donors (Lipinski definition) is 0. The molecule has 0 aromatic heterocycles. The van der Waals surface area contributed by atoms with E-state index in [9.17, 15) is 9.59 Å². The molecule has 0 atom stereocenters. The van der Waals surface area contributed by atoms with Crippen LogP contribution in [0.4, 0.5) is 0 Å². The van der Waals surface area contributed by atoms with Gasteiger partial charge >= 0.3 is 11.9 Å².